The number of phenolic OH excluding ortho intramolecular Hbond substituents is 2. The molecule has 0 bridgehead atoms. The van der Waals surface area contributed by atoms with Crippen molar-refractivity contribution in [3.63, 3.8) is 0 Å². The van der Waals surface area contributed by atoms with E-state index in [-0.39, 0.29) is 28.4 Å². The summed E-state index contributed by atoms with van der Waals surface area (Å²) in [4.78, 5) is 36.8. The van der Waals surface area contributed by atoms with Crippen LogP contribution in [0.3, 0.4) is 0 Å². The number of phenols is 2. The quantitative estimate of drug-likeness (QED) is 0.786. The van der Waals surface area contributed by atoms with Gasteiger partial charge < -0.3 is 24.4 Å². The normalized spacial score (nSPS) is 21.0. The number of Topliss-reactive ketones (excluding diaryl/α,β-unsaturated/α-hetero) is 1. The number of ketones is 1. The molecular formula is C19H16O8. The molecule has 0 radical (unpaired) electrons. The third-order valence-electron chi connectivity index (χ3n) is 3.99. The molecule has 0 saturated carbocycles. The van der Waals surface area contributed by atoms with E-state index in [9.17, 15) is 24.6 Å². The highest BCUT2D eigenvalue weighted by Crippen LogP contribution is 2.44. The van der Waals surface area contributed by atoms with Gasteiger partial charge in [0.15, 0.2) is 0 Å². The Bertz CT molecular complexity index is 918. The first-order valence-corrected chi connectivity index (χ1v) is 7.95. The third-order valence-corrected chi connectivity index (χ3v) is 3.99. The topological polar surface area (TPSA) is 119 Å². The fourth-order valence-electron chi connectivity index (χ4n) is 2.92. The lowest BCUT2D eigenvalue weighted by Crippen LogP contribution is -2.56. The minimum absolute atomic E-state index is 0.0206. The second kappa shape index (κ2) is 6.64. The Labute approximate surface area is 153 Å². The molecule has 27 heavy (non-hydrogen) atoms. The van der Waals surface area contributed by atoms with Crippen molar-refractivity contribution in [3.05, 3.63) is 53.6 Å². The minimum atomic E-state index is -2.12. The van der Waals surface area contributed by atoms with Gasteiger partial charge in [-0.2, -0.15) is 0 Å². The summed E-state index contributed by atoms with van der Waals surface area (Å²) in [6.45, 7) is 2.22. The molecule has 0 saturated heterocycles. The highest BCUT2D eigenvalue weighted by atomic mass is 16.7. The van der Waals surface area contributed by atoms with E-state index in [1.54, 1.807) is 0 Å². The molecule has 1 aliphatic heterocycles. The van der Waals surface area contributed by atoms with Crippen LogP contribution in [0.25, 0.3) is 0 Å². The smallest absolute Gasteiger partial charge is 0.305 e. The molecule has 2 atom stereocenters. The van der Waals surface area contributed by atoms with E-state index in [2.05, 4.69) is 0 Å². The van der Waals surface area contributed by atoms with Crippen molar-refractivity contribution in [2.75, 3.05) is 0 Å². The van der Waals surface area contributed by atoms with Crippen LogP contribution in [0.1, 0.15) is 29.8 Å². The summed E-state index contributed by atoms with van der Waals surface area (Å²) in [6, 6.07) is 9.11. The molecule has 0 aliphatic carbocycles. The average molecular weight is 372 g/mol. The van der Waals surface area contributed by atoms with E-state index in [0.29, 0.717) is 0 Å². The zero-order valence-corrected chi connectivity index (χ0v) is 14.5. The molecule has 2 aromatic carbocycles. The molecule has 0 aromatic heterocycles. The Morgan fingerprint density at radius 1 is 1.00 bits per heavy atom. The number of benzene rings is 2. The Hall–Kier alpha value is -3.55. The van der Waals surface area contributed by atoms with Crippen LogP contribution in [-0.2, 0) is 24.7 Å². The second-order valence-electron chi connectivity index (χ2n) is 5.94. The number of aromatic hydroxyl groups is 2. The van der Waals surface area contributed by atoms with Gasteiger partial charge in [0, 0.05) is 25.5 Å². The number of hydrogen-bond acceptors (Lipinski definition) is 8. The first-order valence-electron chi connectivity index (χ1n) is 7.95. The Balaban J connectivity index is 2.26. The highest BCUT2D eigenvalue weighted by molar-refractivity contribution is 6.07. The van der Waals surface area contributed by atoms with Gasteiger partial charge >= 0.3 is 11.9 Å². The van der Waals surface area contributed by atoms with Gasteiger partial charge in [0.25, 0.3) is 11.9 Å². The molecule has 2 N–H and O–H groups in total. The molecule has 2 aromatic rings. The van der Waals surface area contributed by atoms with Crippen LogP contribution in [0.5, 0.6) is 17.2 Å². The largest absolute Gasteiger partial charge is 0.508 e. The van der Waals surface area contributed by atoms with Gasteiger partial charge in [-0.15, -0.1) is 0 Å². The molecule has 0 amide bonds. The summed E-state index contributed by atoms with van der Waals surface area (Å²) >= 11 is 0. The second-order valence-corrected chi connectivity index (χ2v) is 5.94. The van der Waals surface area contributed by atoms with Crippen molar-refractivity contribution in [2.45, 2.75) is 25.7 Å². The van der Waals surface area contributed by atoms with Crippen molar-refractivity contribution in [1.29, 1.82) is 0 Å². The van der Waals surface area contributed by atoms with E-state index in [1.807, 2.05) is 0 Å². The van der Waals surface area contributed by atoms with Crippen LogP contribution in [0, 0.1) is 0 Å². The van der Waals surface area contributed by atoms with Crippen LogP contribution in [-0.4, -0.2) is 34.2 Å². The molecule has 1 aliphatic rings. The minimum Gasteiger partial charge on any atom is -0.508 e. The van der Waals surface area contributed by atoms with Crippen molar-refractivity contribution in [2.24, 2.45) is 0 Å². The van der Waals surface area contributed by atoms with E-state index in [0.717, 1.165) is 13.8 Å². The van der Waals surface area contributed by atoms with E-state index in [4.69, 9.17) is 14.2 Å². The summed E-state index contributed by atoms with van der Waals surface area (Å²) in [5.41, 5.74) is -1.94. The van der Waals surface area contributed by atoms with Gasteiger partial charge in [0.05, 0.1) is 5.56 Å². The van der Waals surface area contributed by atoms with Gasteiger partial charge in [-0.05, 0) is 24.3 Å². The maximum atomic E-state index is 13.4. The number of carbonyl (C=O) groups is 3. The van der Waals surface area contributed by atoms with E-state index in [1.165, 1.54) is 42.5 Å². The SMILES string of the molecule is CC(=O)OC1Oc2cc(O)ccc2C(=O)C1(OC(C)=O)c1ccc(O)cc1. The first-order chi connectivity index (χ1) is 12.7. The molecule has 0 spiro atoms. The molecule has 1 heterocycles. The lowest BCUT2D eigenvalue weighted by Gasteiger charge is -2.41. The Morgan fingerprint density at radius 2 is 1.63 bits per heavy atom. The van der Waals surface area contributed by atoms with Gasteiger partial charge in [0.1, 0.15) is 17.2 Å². The van der Waals surface area contributed by atoms with Gasteiger partial charge in [-0.1, -0.05) is 12.1 Å². The highest BCUT2D eigenvalue weighted by Gasteiger charge is 2.58. The summed E-state index contributed by atoms with van der Waals surface area (Å²) in [7, 11) is 0. The van der Waals surface area contributed by atoms with Gasteiger partial charge in [0.2, 0.25) is 5.78 Å². The fourth-order valence-corrected chi connectivity index (χ4v) is 2.92. The van der Waals surface area contributed by atoms with Crippen molar-refractivity contribution in [3.8, 4) is 17.2 Å². The maximum Gasteiger partial charge on any atom is 0.305 e. The number of ether oxygens (including phenoxy) is 3. The molecule has 0 fully saturated rings. The standard InChI is InChI=1S/C19H16O8/c1-10(20)25-18-19(27-11(2)21,12-3-5-13(22)6-4-12)17(24)15-8-7-14(23)9-16(15)26-18/h3-9,18,22-23H,1-2H3. The summed E-state index contributed by atoms with van der Waals surface area (Å²) in [5.74, 6) is -2.53. The van der Waals surface area contributed by atoms with Crippen LogP contribution < -0.4 is 4.74 Å². The zero-order chi connectivity index (χ0) is 19.8. The average Bonchev–Trinajstić information content (AvgIpc) is 2.58. The van der Waals surface area contributed by atoms with Crippen LogP contribution in [0.2, 0.25) is 0 Å². The maximum absolute atomic E-state index is 13.4. The fraction of sp³-hybridized carbons (Fsp3) is 0.211. The molecule has 3 rings (SSSR count). The molecular weight excluding hydrogens is 356 g/mol. The predicted molar refractivity (Wildman–Crippen MR) is 90.2 cm³/mol. The van der Waals surface area contributed by atoms with Crippen LogP contribution >= 0.6 is 0 Å². The molecule has 140 valence electrons. The van der Waals surface area contributed by atoms with Crippen molar-refractivity contribution < 1.29 is 38.8 Å². The lowest BCUT2D eigenvalue weighted by molar-refractivity contribution is -0.211. The van der Waals surface area contributed by atoms with Gasteiger partial charge in [-0.3, -0.25) is 14.4 Å². The van der Waals surface area contributed by atoms with Gasteiger partial charge in [-0.25, -0.2) is 0 Å². The monoisotopic (exact) mass is 372 g/mol. The number of fused-ring (bicyclic) bond motifs is 1. The summed E-state index contributed by atoms with van der Waals surface area (Å²) in [5, 5.41) is 19.2. The first kappa shape index (κ1) is 18.2. The molecule has 2 unspecified atom stereocenters. The summed E-state index contributed by atoms with van der Waals surface area (Å²) < 4.78 is 16.2. The summed E-state index contributed by atoms with van der Waals surface area (Å²) in [6.07, 6.45) is -1.63. The van der Waals surface area contributed by atoms with E-state index >= 15 is 0 Å². The van der Waals surface area contributed by atoms with Crippen LogP contribution in [0.4, 0.5) is 0 Å². The zero-order valence-electron chi connectivity index (χ0n) is 14.5. The third kappa shape index (κ3) is 3.17. The molecule has 8 nitrogen and oxygen atoms in total. The Morgan fingerprint density at radius 3 is 2.22 bits per heavy atom. The number of hydrogen-bond donors (Lipinski definition) is 2. The molecule has 8 heteroatoms. The van der Waals surface area contributed by atoms with Crippen molar-refractivity contribution >= 4 is 17.7 Å². The number of rotatable bonds is 3. The Kier molecular flexibility index (Phi) is 4.49. The lowest BCUT2D eigenvalue weighted by atomic mass is 9.82. The van der Waals surface area contributed by atoms with Crippen molar-refractivity contribution in [1.82, 2.24) is 0 Å². The predicted octanol–water partition coefficient (Wildman–Crippen LogP) is 2.02. The van der Waals surface area contributed by atoms with E-state index < -0.39 is 29.6 Å². The van der Waals surface area contributed by atoms with Crippen LogP contribution in [0.15, 0.2) is 42.5 Å². The number of esters is 2. The number of carbonyl (C=O) groups excluding carboxylic acids is 3.